The number of aromatic nitrogens is 2. The molecule has 0 aromatic carbocycles. The summed E-state index contributed by atoms with van der Waals surface area (Å²) >= 11 is 0. The second-order valence-corrected chi connectivity index (χ2v) is 7.14. The molecule has 1 aliphatic carbocycles. The van der Waals surface area contributed by atoms with Crippen LogP contribution in [0.1, 0.15) is 50.3 Å². The molecule has 2 N–H and O–H groups in total. The molecule has 28 heavy (non-hydrogen) atoms. The van der Waals surface area contributed by atoms with Crippen LogP contribution in [0.25, 0.3) is 6.08 Å². The van der Waals surface area contributed by atoms with Crippen molar-refractivity contribution in [2.24, 2.45) is 5.92 Å². The van der Waals surface area contributed by atoms with Gasteiger partial charge in [0.25, 0.3) is 0 Å². The molecule has 1 saturated heterocycles. The van der Waals surface area contributed by atoms with Gasteiger partial charge in [0.1, 0.15) is 0 Å². The second-order valence-electron chi connectivity index (χ2n) is 7.14. The van der Waals surface area contributed by atoms with Crippen LogP contribution in [0.4, 0.5) is 0 Å². The Kier molecular flexibility index (Phi) is 10.6. The van der Waals surface area contributed by atoms with Gasteiger partial charge in [0.15, 0.2) is 0 Å². The van der Waals surface area contributed by atoms with E-state index in [9.17, 15) is 9.59 Å². The molecule has 2 fully saturated rings. The molecule has 0 bridgehead atoms. The molecule has 0 spiro atoms. The molecule has 2 aliphatic rings. The van der Waals surface area contributed by atoms with E-state index in [1.165, 1.54) is 7.11 Å². The quantitative estimate of drug-likeness (QED) is 0.551. The number of amides is 1. The summed E-state index contributed by atoms with van der Waals surface area (Å²) in [7, 11) is 1.42. The van der Waals surface area contributed by atoms with Crippen LogP contribution in [0.5, 0.6) is 0 Å². The molecule has 1 aromatic rings. The lowest BCUT2D eigenvalue weighted by Gasteiger charge is -2.27. The number of methoxy groups -OCH3 is 1. The fourth-order valence-electron chi connectivity index (χ4n) is 3.79. The van der Waals surface area contributed by atoms with Crippen LogP contribution >= 0.6 is 24.8 Å². The highest BCUT2D eigenvalue weighted by atomic mass is 35.5. The summed E-state index contributed by atoms with van der Waals surface area (Å²) < 4.78 is 6.93. The molecule has 1 amide bonds. The van der Waals surface area contributed by atoms with Crippen molar-refractivity contribution in [3.05, 3.63) is 24.3 Å². The topological polar surface area (TPSA) is 85.2 Å². The van der Waals surface area contributed by atoms with E-state index in [0.717, 1.165) is 57.3 Å². The number of ether oxygens (including phenoxy) is 1. The highest BCUT2D eigenvalue weighted by Crippen LogP contribution is 2.25. The van der Waals surface area contributed by atoms with Crippen LogP contribution in [0.15, 0.2) is 18.6 Å². The zero-order valence-electron chi connectivity index (χ0n) is 16.1. The van der Waals surface area contributed by atoms with Gasteiger partial charge in [0.2, 0.25) is 5.91 Å². The Hall–Kier alpha value is -1.57. The third-order valence-corrected chi connectivity index (χ3v) is 5.37. The van der Waals surface area contributed by atoms with Crippen LogP contribution < -0.4 is 10.6 Å². The second kappa shape index (κ2) is 12.1. The SMILES string of the molecule is COC(=O)C1CCC(NC(=O)C=Cc2cn(C3CCNCC3)cn2)CC1.Cl.Cl. The molecule has 0 radical (unpaired) electrons. The standard InChI is InChI=1S/C19H28N4O3.2ClH/c1-26-19(25)14-2-4-15(5-3-14)22-18(24)7-6-16-12-23(13-21-16)17-8-10-20-11-9-17;;/h6-7,12-15,17,20H,2-5,8-11H2,1H3,(H,22,24);2*1H. The number of hydrogen-bond acceptors (Lipinski definition) is 5. The minimum absolute atomic E-state index is 0. The highest BCUT2D eigenvalue weighted by molar-refractivity contribution is 5.91. The summed E-state index contributed by atoms with van der Waals surface area (Å²) in [4.78, 5) is 28.0. The van der Waals surface area contributed by atoms with Gasteiger partial charge < -0.3 is 19.9 Å². The first-order chi connectivity index (χ1) is 12.7. The summed E-state index contributed by atoms with van der Waals surface area (Å²) in [6, 6.07) is 0.616. The Morgan fingerprint density at radius 2 is 1.86 bits per heavy atom. The molecule has 1 aromatic heterocycles. The van der Waals surface area contributed by atoms with E-state index >= 15 is 0 Å². The first-order valence-corrected chi connectivity index (χ1v) is 9.46. The van der Waals surface area contributed by atoms with Crippen molar-refractivity contribution in [3.8, 4) is 0 Å². The number of imidazole rings is 1. The predicted octanol–water partition coefficient (Wildman–Crippen LogP) is 2.51. The smallest absolute Gasteiger partial charge is 0.308 e. The van der Waals surface area contributed by atoms with Crippen LogP contribution in [0.3, 0.4) is 0 Å². The summed E-state index contributed by atoms with van der Waals surface area (Å²) in [5.74, 6) is -0.274. The molecule has 0 atom stereocenters. The Morgan fingerprint density at radius 3 is 2.50 bits per heavy atom. The van der Waals surface area contributed by atoms with Crippen LogP contribution in [0, 0.1) is 5.92 Å². The largest absolute Gasteiger partial charge is 0.469 e. The molecule has 158 valence electrons. The van der Waals surface area contributed by atoms with Crippen molar-refractivity contribution < 1.29 is 14.3 Å². The van der Waals surface area contributed by atoms with Gasteiger partial charge >= 0.3 is 5.97 Å². The van der Waals surface area contributed by atoms with E-state index in [1.54, 1.807) is 12.2 Å². The summed E-state index contributed by atoms with van der Waals surface area (Å²) in [6.07, 6.45) is 12.5. The van der Waals surface area contributed by atoms with Gasteiger partial charge in [-0.05, 0) is 57.7 Å². The van der Waals surface area contributed by atoms with Crippen molar-refractivity contribution in [1.82, 2.24) is 20.2 Å². The number of carbonyl (C=O) groups is 2. The molecule has 1 saturated carbocycles. The van der Waals surface area contributed by atoms with Crippen molar-refractivity contribution in [2.45, 2.75) is 50.6 Å². The molecule has 3 rings (SSSR count). The third kappa shape index (κ3) is 6.79. The molecule has 9 heteroatoms. The number of nitrogens with zero attached hydrogens (tertiary/aromatic N) is 2. The lowest BCUT2D eigenvalue weighted by atomic mass is 9.86. The van der Waals surface area contributed by atoms with Crippen LogP contribution in [0.2, 0.25) is 0 Å². The maximum Gasteiger partial charge on any atom is 0.308 e. The van der Waals surface area contributed by atoms with Crippen molar-refractivity contribution in [3.63, 3.8) is 0 Å². The zero-order chi connectivity index (χ0) is 18.4. The zero-order valence-corrected chi connectivity index (χ0v) is 17.8. The van der Waals surface area contributed by atoms with Gasteiger partial charge in [-0.2, -0.15) is 0 Å². The predicted molar refractivity (Wildman–Crippen MR) is 113 cm³/mol. The number of carbonyl (C=O) groups excluding carboxylic acids is 2. The van der Waals surface area contributed by atoms with Crippen molar-refractivity contribution >= 4 is 42.8 Å². The Bertz CT molecular complexity index is 651. The fourth-order valence-corrected chi connectivity index (χ4v) is 3.79. The Balaban J connectivity index is 0.00000196. The van der Waals surface area contributed by atoms with Gasteiger partial charge in [-0.25, -0.2) is 4.98 Å². The first-order valence-electron chi connectivity index (χ1n) is 9.46. The Morgan fingerprint density at radius 1 is 1.18 bits per heavy atom. The van der Waals surface area contributed by atoms with Crippen molar-refractivity contribution in [1.29, 1.82) is 0 Å². The average molecular weight is 433 g/mol. The third-order valence-electron chi connectivity index (χ3n) is 5.37. The molecule has 0 unspecified atom stereocenters. The van der Waals surface area contributed by atoms with E-state index in [-0.39, 0.29) is 48.7 Å². The van der Waals surface area contributed by atoms with E-state index in [1.807, 2.05) is 12.5 Å². The van der Waals surface area contributed by atoms with Crippen LogP contribution in [-0.4, -0.2) is 47.7 Å². The van der Waals surface area contributed by atoms with Crippen LogP contribution in [-0.2, 0) is 14.3 Å². The molecular formula is C19H30Cl2N4O3. The Labute approximate surface area is 178 Å². The van der Waals surface area contributed by atoms with E-state index < -0.39 is 0 Å². The number of nitrogens with one attached hydrogen (secondary N) is 2. The van der Waals surface area contributed by atoms with E-state index in [0.29, 0.717) is 6.04 Å². The molecule has 1 aliphatic heterocycles. The maximum absolute atomic E-state index is 12.1. The molecule has 7 nitrogen and oxygen atoms in total. The number of esters is 1. The fraction of sp³-hybridized carbons (Fsp3) is 0.632. The van der Waals surface area contributed by atoms with Crippen molar-refractivity contribution in [2.75, 3.05) is 20.2 Å². The normalized spacial score (nSPS) is 22.8. The highest BCUT2D eigenvalue weighted by Gasteiger charge is 2.27. The van der Waals surface area contributed by atoms with E-state index in [4.69, 9.17) is 4.74 Å². The van der Waals surface area contributed by atoms with Gasteiger partial charge in [-0.1, -0.05) is 0 Å². The number of piperidine rings is 1. The average Bonchev–Trinajstić information content (AvgIpc) is 3.16. The monoisotopic (exact) mass is 432 g/mol. The minimum Gasteiger partial charge on any atom is -0.469 e. The van der Waals surface area contributed by atoms with Gasteiger partial charge in [-0.15, -0.1) is 24.8 Å². The number of rotatable bonds is 5. The first kappa shape index (κ1) is 24.5. The molecule has 2 heterocycles. The van der Waals surface area contributed by atoms with Gasteiger partial charge in [0, 0.05) is 24.4 Å². The minimum atomic E-state index is -0.140. The lowest BCUT2D eigenvalue weighted by molar-refractivity contribution is -0.146. The van der Waals surface area contributed by atoms with E-state index in [2.05, 4.69) is 20.2 Å². The number of halogens is 2. The summed E-state index contributed by atoms with van der Waals surface area (Å²) in [5, 5.41) is 6.37. The molecular weight excluding hydrogens is 403 g/mol. The maximum atomic E-state index is 12.1. The van der Waals surface area contributed by atoms with Gasteiger partial charge in [0.05, 0.1) is 25.0 Å². The summed E-state index contributed by atoms with van der Waals surface area (Å²) in [6.45, 7) is 2.07. The summed E-state index contributed by atoms with van der Waals surface area (Å²) in [5.41, 5.74) is 0.799. The number of hydrogen-bond donors (Lipinski definition) is 2. The van der Waals surface area contributed by atoms with Gasteiger partial charge in [-0.3, -0.25) is 9.59 Å². The lowest BCUT2D eigenvalue weighted by Crippen LogP contribution is -2.38.